The van der Waals surface area contributed by atoms with Crippen molar-refractivity contribution in [1.29, 1.82) is 0 Å². The maximum atomic E-state index is 4.26. The van der Waals surface area contributed by atoms with Crippen LogP contribution in [0.2, 0.25) is 0 Å². The van der Waals surface area contributed by atoms with Gasteiger partial charge in [-0.3, -0.25) is 4.68 Å². The molecule has 1 N–H and O–H groups in total. The highest BCUT2D eigenvalue weighted by atomic mass is 15.2. The molecular weight excluding hydrogens is 234 g/mol. The third kappa shape index (κ3) is 3.93. The first-order valence-corrected chi connectivity index (χ1v) is 6.94. The first kappa shape index (κ1) is 13.8. The van der Waals surface area contributed by atoms with Gasteiger partial charge in [-0.2, -0.15) is 5.10 Å². The summed E-state index contributed by atoms with van der Waals surface area (Å²) in [4.78, 5) is 0. The topological polar surface area (TPSA) is 29.9 Å². The maximum absolute atomic E-state index is 4.26. The van der Waals surface area contributed by atoms with E-state index in [4.69, 9.17) is 0 Å². The van der Waals surface area contributed by atoms with E-state index in [1.54, 1.807) is 0 Å². The van der Waals surface area contributed by atoms with E-state index in [1.165, 1.54) is 16.7 Å². The van der Waals surface area contributed by atoms with E-state index in [0.29, 0.717) is 5.92 Å². The third-order valence-corrected chi connectivity index (χ3v) is 3.39. The van der Waals surface area contributed by atoms with Gasteiger partial charge in [-0.1, -0.05) is 36.8 Å². The van der Waals surface area contributed by atoms with Crippen molar-refractivity contribution in [2.75, 3.05) is 13.1 Å². The quantitative estimate of drug-likeness (QED) is 0.862. The molecule has 1 unspecified atom stereocenters. The molecule has 3 nitrogen and oxygen atoms in total. The Morgan fingerprint density at radius 3 is 2.84 bits per heavy atom. The van der Waals surface area contributed by atoms with Gasteiger partial charge in [-0.15, -0.1) is 0 Å². The van der Waals surface area contributed by atoms with Gasteiger partial charge in [0.15, 0.2) is 0 Å². The second-order valence-corrected chi connectivity index (χ2v) is 5.15. The van der Waals surface area contributed by atoms with E-state index in [0.717, 1.165) is 19.5 Å². The molecule has 2 rings (SSSR count). The van der Waals surface area contributed by atoms with Crippen molar-refractivity contribution in [3.63, 3.8) is 0 Å². The predicted molar refractivity (Wildman–Crippen MR) is 79.4 cm³/mol. The minimum atomic E-state index is 0.504. The van der Waals surface area contributed by atoms with Crippen LogP contribution in [-0.4, -0.2) is 22.9 Å². The highest BCUT2D eigenvalue weighted by Crippen LogP contribution is 2.21. The van der Waals surface area contributed by atoms with E-state index in [9.17, 15) is 0 Å². The highest BCUT2D eigenvalue weighted by molar-refractivity contribution is 5.27. The first-order valence-electron chi connectivity index (χ1n) is 6.94. The summed E-state index contributed by atoms with van der Waals surface area (Å²) >= 11 is 0. The first-order chi connectivity index (χ1) is 9.19. The zero-order valence-electron chi connectivity index (χ0n) is 12.1. The molecule has 0 aliphatic rings. The van der Waals surface area contributed by atoms with Crippen LogP contribution in [0.4, 0.5) is 0 Å². The van der Waals surface area contributed by atoms with E-state index < -0.39 is 0 Å². The summed E-state index contributed by atoms with van der Waals surface area (Å²) in [7, 11) is 1.97. The molecule has 0 fully saturated rings. The summed E-state index contributed by atoms with van der Waals surface area (Å²) < 4.78 is 1.87. The van der Waals surface area contributed by atoms with Crippen LogP contribution in [0.1, 0.15) is 29.5 Å². The molecule has 1 aromatic carbocycles. The smallest absolute Gasteiger partial charge is 0.0521 e. The number of benzene rings is 1. The lowest BCUT2D eigenvalue weighted by molar-refractivity contribution is 0.594. The molecule has 0 radical (unpaired) electrons. The van der Waals surface area contributed by atoms with Gasteiger partial charge in [0, 0.05) is 25.7 Å². The Bertz CT molecular complexity index is 516. The molecule has 0 spiro atoms. The Morgan fingerprint density at radius 2 is 2.21 bits per heavy atom. The standard InChI is InChI=1S/C16H23N3/c1-4-17-11-16(9-14-10-18-19(3)12-14)15-7-5-6-13(2)8-15/h5-8,10,12,16-17H,4,9,11H2,1-3H3. The Morgan fingerprint density at radius 1 is 1.37 bits per heavy atom. The van der Waals surface area contributed by atoms with Gasteiger partial charge < -0.3 is 5.32 Å². The molecular formula is C16H23N3. The van der Waals surface area contributed by atoms with Gasteiger partial charge >= 0.3 is 0 Å². The molecule has 3 heteroatoms. The van der Waals surface area contributed by atoms with Crippen molar-refractivity contribution in [2.24, 2.45) is 7.05 Å². The van der Waals surface area contributed by atoms with Gasteiger partial charge in [0.1, 0.15) is 0 Å². The van der Waals surface area contributed by atoms with Crippen LogP contribution >= 0.6 is 0 Å². The largest absolute Gasteiger partial charge is 0.316 e. The lowest BCUT2D eigenvalue weighted by Crippen LogP contribution is -2.22. The fourth-order valence-corrected chi connectivity index (χ4v) is 2.41. The Kier molecular flexibility index (Phi) is 4.74. The van der Waals surface area contributed by atoms with Gasteiger partial charge in [0.25, 0.3) is 0 Å². The predicted octanol–water partition coefficient (Wildman–Crippen LogP) is 2.66. The van der Waals surface area contributed by atoms with Crippen LogP contribution in [0, 0.1) is 6.92 Å². The summed E-state index contributed by atoms with van der Waals surface area (Å²) in [6.07, 6.45) is 5.10. The average molecular weight is 257 g/mol. The van der Waals surface area contributed by atoms with Gasteiger partial charge in [0.05, 0.1) is 6.20 Å². The summed E-state index contributed by atoms with van der Waals surface area (Å²) in [5.74, 6) is 0.504. The van der Waals surface area contributed by atoms with E-state index in [-0.39, 0.29) is 0 Å². The van der Waals surface area contributed by atoms with Crippen molar-refractivity contribution >= 4 is 0 Å². The van der Waals surface area contributed by atoms with Crippen LogP contribution in [0.15, 0.2) is 36.7 Å². The van der Waals surface area contributed by atoms with Crippen molar-refractivity contribution in [3.8, 4) is 0 Å². The maximum Gasteiger partial charge on any atom is 0.0521 e. The molecule has 2 aromatic rings. The van der Waals surface area contributed by atoms with Crippen LogP contribution < -0.4 is 5.32 Å². The second kappa shape index (κ2) is 6.53. The van der Waals surface area contributed by atoms with Crippen molar-refractivity contribution in [2.45, 2.75) is 26.2 Å². The second-order valence-electron chi connectivity index (χ2n) is 5.15. The zero-order valence-corrected chi connectivity index (χ0v) is 12.1. The molecule has 1 atom stereocenters. The third-order valence-electron chi connectivity index (χ3n) is 3.39. The van der Waals surface area contributed by atoms with Gasteiger partial charge in [0.2, 0.25) is 0 Å². The van der Waals surface area contributed by atoms with E-state index in [2.05, 4.69) is 54.7 Å². The lowest BCUT2D eigenvalue weighted by Gasteiger charge is -2.17. The molecule has 1 aromatic heterocycles. The average Bonchev–Trinajstić information content (AvgIpc) is 2.80. The summed E-state index contributed by atoms with van der Waals surface area (Å²) in [5, 5.41) is 7.72. The highest BCUT2D eigenvalue weighted by Gasteiger charge is 2.13. The van der Waals surface area contributed by atoms with Crippen LogP contribution in [-0.2, 0) is 13.5 Å². The molecule has 0 saturated heterocycles. The minimum absolute atomic E-state index is 0.504. The Hall–Kier alpha value is -1.61. The number of nitrogens with one attached hydrogen (secondary N) is 1. The van der Waals surface area contributed by atoms with E-state index >= 15 is 0 Å². The number of nitrogens with zero attached hydrogens (tertiary/aromatic N) is 2. The molecule has 0 aliphatic carbocycles. The fourth-order valence-electron chi connectivity index (χ4n) is 2.41. The molecule has 102 valence electrons. The lowest BCUT2D eigenvalue weighted by atomic mass is 9.92. The molecule has 19 heavy (non-hydrogen) atoms. The Labute approximate surface area is 115 Å². The molecule has 0 amide bonds. The normalized spacial score (nSPS) is 12.6. The Balaban J connectivity index is 2.15. The number of hydrogen-bond donors (Lipinski definition) is 1. The zero-order chi connectivity index (χ0) is 13.7. The van der Waals surface area contributed by atoms with Crippen LogP contribution in [0.3, 0.4) is 0 Å². The van der Waals surface area contributed by atoms with Crippen LogP contribution in [0.5, 0.6) is 0 Å². The number of rotatable bonds is 6. The van der Waals surface area contributed by atoms with Crippen molar-refractivity contribution in [1.82, 2.24) is 15.1 Å². The monoisotopic (exact) mass is 257 g/mol. The van der Waals surface area contributed by atoms with Gasteiger partial charge in [-0.25, -0.2) is 0 Å². The molecule has 0 saturated carbocycles. The molecule has 0 bridgehead atoms. The summed E-state index contributed by atoms with van der Waals surface area (Å²) in [6, 6.07) is 8.81. The van der Waals surface area contributed by atoms with Crippen LogP contribution in [0.25, 0.3) is 0 Å². The fraction of sp³-hybridized carbons (Fsp3) is 0.438. The van der Waals surface area contributed by atoms with E-state index in [1.807, 2.05) is 17.9 Å². The number of aryl methyl sites for hydroxylation is 2. The summed E-state index contributed by atoms with van der Waals surface area (Å²) in [6.45, 7) is 6.32. The summed E-state index contributed by atoms with van der Waals surface area (Å²) in [5.41, 5.74) is 4.03. The van der Waals surface area contributed by atoms with Crippen molar-refractivity contribution < 1.29 is 0 Å². The minimum Gasteiger partial charge on any atom is -0.316 e. The molecule has 0 aliphatic heterocycles. The number of aromatic nitrogens is 2. The SMILES string of the molecule is CCNCC(Cc1cnn(C)c1)c1cccc(C)c1. The molecule has 1 heterocycles. The number of likely N-dealkylation sites (N-methyl/N-ethyl adjacent to an activating group) is 1. The van der Waals surface area contributed by atoms with Crippen molar-refractivity contribution in [3.05, 3.63) is 53.3 Å². The van der Waals surface area contributed by atoms with Gasteiger partial charge in [-0.05, 0) is 31.0 Å². The number of hydrogen-bond acceptors (Lipinski definition) is 2.